The molecule has 1 aromatic carbocycles. The minimum absolute atomic E-state index is 0.172. The number of rotatable bonds is 4. The second-order valence-electron chi connectivity index (χ2n) is 5.22. The molecule has 6 heteroatoms. The largest absolute Gasteiger partial charge is 0.482 e. The number of urea groups is 1. The molecule has 1 rings (SSSR count). The maximum Gasteiger partial charge on any atom is 0.343 e. The van der Waals surface area contributed by atoms with E-state index < -0.39 is 5.97 Å². The van der Waals surface area contributed by atoms with Gasteiger partial charge in [-0.25, -0.2) is 9.59 Å². The Kier molecular flexibility index (Phi) is 5.37. The van der Waals surface area contributed by atoms with E-state index in [1.54, 1.807) is 24.3 Å². The fourth-order valence-corrected chi connectivity index (χ4v) is 1.37. The Hall–Kier alpha value is -2.24. The molecule has 0 aliphatic carbocycles. The predicted octanol–water partition coefficient (Wildman–Crippen LogP) is 2.16. The van der Waals surface area contributed by atoms with Crippen molar-refractivity contribution < 1.29 is 19.1 Å². The Bertz CT molecular complexity index is 480. The minimum Gasteiger partial charge on any atom is -0.482 e. The van der Waals surface area contributed by atoms with Gasteiger partial charge in [0, 0.05) is 17.3 Å². The first kappa shape index (κ1) is 15.8. The fraction of sp³-hybridized carbons (Fsp3) is 0.429. The number of methoxy groups -OCH3 is 1. The second kappa shape index (κ2) is 6.79. The molecule has 0 fully saturated rings. The number of nitrogens with one attached hydrogen (secondary N) is 2. The number of carbonyl (C=O) groups is 2. The van der Waals surface area contributed by atoms with Gasteiger partial charge in [-0.1, -0.05) is 6.07 Å². The molecule has 20 heavy (non-hydrogen) atoms. The van der Waals surface area contributed by atoms with E-state index in [9.17, 15) is 9.59 Å². The van der Waals surface area contributed by atoms with E-state index in [4.69, 9.17) is 4.74 Å². The Labute approximate surface area is 118 Å². The lowest BCUT2D eigenvalue weighted by atomic mass is 10.1. The molecule has 2 amide bonds. The first-order valence-electron chi connectivity index (χ1n) is 6.19. The Morgan fingerprint density at radius 2 is 1.95 bits per heavy atom. The molecule has 0 aromatic heterocycles. The van der Waals surface area contributed by atoms with Crippen molar-refractivity contribution in [3.05, 3.63) is 24.3 Å². The highest BCUT2D eigenvalue weighted by Gasteiger charge is 2.13. The van der Waals surface area contributed by atoms with Crippen LogP contribution < -0.4 is 15.4 Å². The average Bonchev–Trinajstić information content (AvgIpc) is 2.34. The van der Waals surface area contributed by atoms with Crippen LogP contribution in [0.4, 0.5) is 10.5 Å². The summed E-state index contributed by atoms with van der Waals surface area (Å²) in [6.45, 7) is 5.50. The topological polar surface area (TPSA) is 76.7 Å². The smallest absolute Gasteiger partial charge is 0.343 e. The zero-order valence-corrected chi connectivity index (χ0v) is 12.1. The molecule has 0 radical (unpaired) electrons. The molecule has 0 saturated heterocycles. The van der Waals surface area contributed by atoms with Crippen molar-refractivity contribution in [3.63, 3.8) is 0 Å². The molecule has 0 aliphatic heterocycles. The van der Waals surface area contributed by atoms with E-state index in [0.29, 0.717) is 11.4 Å². The summed E-state index contributed by atoms with van der Waals surface area (Å²) in [5.74, 6) is 0.0118. The van der Waals surface area contributed by atoms with Gasteiger partial charge in [0.1, 0.15) is 5.75 Å². The van der Waals surface area contributed by atoms with E-state index in [0.717, 1.165) is 0 Å². The van der Waals surface area contributed by atoms with Gasteiger partial charge in [-0.2, -0.15) is 0 Å². The molecule has 0 atom stereocenters. The summed E-state index contributed by atoms with van der Waals surface area (Å²) in [5, 5.41) is 5.48. The molecule has 2 N–H and O–H groups in total. The number of carbonyl (C=O) groups excluding carboxylic acids is 2. The number of hydrogen-bond donors (Lipinski definition) is 2. The van der Waals surface area contributed by atoms with Gasteiger partial charge in [0.15, 0.2) is 6.61 Å². The molecular formula is C14H20N2O4. The summed E-state index contributed by atoms with van der Waals surface area (Å²) in [5.41, 5.74) is 0.261. The Morgan fingerprint density at radius 1 is 1.25 bits per heavy atom. The Morgan fingerprint density at radius 3 is 2.55 bits per heavy atom. The van der Waals surface area contributed by atoms with Gasteiger partial charge in [-0.3, -0.25) is 0 Å². The van der Waals surface area contributed by atoms with Crippen LogP contribution in [0.2, 0.25) is 0 Å². The average molecular weight is 280 g/mol. The van der Waals surface area contributed by atoms with E-state index in [2.05, 4.69) is 15.4 Å². The van der Waals surface area contributed by atoms with E-state index in [1.165, 1.54) is 7.11 Å². The summed E-state index contributed by atoms with van der Waals surface area (Å²) in [7, 11) is 1.29. The number of anilines is 1. The van der Waals surface area contributed by atoms with Crippen LogP contribution in [-0.4, -0.2) is 31.3 Å². The van der Waals surface area contributed by atoms with Crippen LogP contribution in [-0.2, 0) is 9.53 Å². The van der Waals surface area contributed by atoms with Crippen LogP contribution in [0.5, 0.6) is 5.75 Å². The molecule has 0 heterocycles. The van der Waals surface area contributed by atoms with Gasteiger partial charge in [-0.15, -0.1) is 0 Å². The number of amides is 2. The number of hydrogen-bond acceptors (Lipinski definition) is 4. The maximum atomic E-state index is 11.7. The lowest BCUT2D eigenvalue weighted by Gasteiger charge is -2.20. The van der Waals surface area contributed by atoms with Crippen LogP contribution in [0, 0.1) is 0 Å². The third-order valence-electron chi connectivity index (χ3n) is 2.16. The van der Waals surface area contributed by atoms with Crippen molar-refractivity contribution in [2.45, 2.75) is 26.3 Å². The zero-order valence-electron chi connectivity index (χ0n) is 12.1. The molecule has 0 bridgehead atoms. The highest BCUT2D eigenvalue weighted by atomic mass is 16.6. The zero-order chi connectivity index (χ0) is 15.2. The minimum atomic E-state index is -0.464. The van der Waals surface area contributed by atoms with Crippen molar-refractivity contribution in [3.8, 4) is 5.75 Å². The van der Waals surface area contributed by atoms with E-state index >= 15 is 0 Å². The molecule has 110 valence electrons. The summed E-state index contributed by atoms with van der Waals surface area (Å²) in [6.07, 6.45) is 0. The van der Waals surface area contributed by atoms with Crippen molar-refractivity contribution in [1.29, 1.82) is 0 Å². The third-order valence-corrected chi connectivity index (χ3v) is 2.16. The van der Waals surface area contributed by atoms with Gasteiger partial charge in [-0.05, 0) is 32.9 Å². The molecule has 0 spiro atoms. The SMILES string of the molecule is COC(=O)COc1cccc(NC(=O)NC(C)(C)C)c1. The summed E-state index contributed by atoms with van der Waals surface area (Å²) < 4.78 is 9.71. The first-order chi connectivity index (χ1) is 9.30. The van der Waals surface area contributed by atoms with Gasteiger partial charge in [0.05, 0.1) is 7.11 Å². The molecule has 0 unspecified atom stereocenters. The van der Waals surface area contributed by atoms with Crippen LogP contribution in [0.25, 0.3) is 0 Å². The number of esters is 1. The van der Waals surface area contributed by atoms with Gasteiger partial charge < -0.3 is 20.1 Å². The monoisotopic (exact) mass is 280 g/mol. The van der Waals surface area contributed by atoms with Crippen molar-refractivity contribution in [2.75, 3.05) is 19.0 Å². The van der Waals surface area contributed by atoms with Crippen molar-refractivity contribution in [2.24, 2.45) is 0 Å². The first-order valence-corrected chi connectivity index (χ1v) is 6.19. The fourth-order valence-electron chi connectivity index (χ4n) is 1.37. The summed E-state index contributed by atoms with van der Waals surface area (Å²) in [4.78, 5) is 22.7. The quantitative estimate of drug-likeness (QED) is 0.829. The predicted molar refractivity (Wildman–Crippen MR) is 75.9 cm³/mol. The molecule has 0 aliphatic rings. The van der Waals surface area contributed by atoms with Crippen LogP contribution in [0.1, 0.15) is 20.8 Å². The van der Waals surface area contributed by atoms with Crippen molar-refractivity contribution >= 4 is 17.7 Å². The van der Waals surface area contributed by atoms with Crippen LogP contribution in [0.3, 0.4) is 0 Å². The summed E-state index contributed by atoms with van der Waals surface area (Å²) in [6, 6.07) is 6.47. The molecule has 6 nitrogen and oxygen atoms in total. The lowest BCUT2D eigenvalue weighted by molar-refractivity contribution is -0.142. The normalized spacial score (nSPS) is 10.6. The van der Waals surface area contributed by atoms with E-state index in [-0.39, 0.29) is 18.2 Å². The molecule has 1 aromatic rings. The van der Waals surface area contributed by atoms with Crippen LogP contribution >= 0.6 is 0 Å². The second-order valence-corrected chi connectivity index (χ2v) is 5.22. The third kappa shape index (κ3) is 6.08. The lowest BCUT2D eigenvalue weighted by Crippen LogP contribution is -2.43. The van der Waals surface area contributed by atoms with Crippen LogP contribution in [0.15, 0.2) is 24.3 Å². The highest BCUT2D eigenvalue weighted by Crippen LogP contribution is 2.17. The Balaban J connectivity index is 2.59. The molecule has 0 saturated carbocycles. The summed E-state index contributed by atoms with van der Waals surface area (Å²) >= 11 is 0. The van der Waals surface area contributed by atoms with Crippen molar-refractivity contribution in [1.82, 2.24) is 5.32 Å². The van der Waals surface area contributed by atoms with Gasteiger partial charge >= 0.3 is 12.0 Å². The maximum absolute atomic E-state index is 11.7. The van der Waals surface area contributed by atoms with E-state index in [1.807, 2.05) is 20.8 Å². The highest BCUT2D eigenvalue weighted by molar-refractivity contribution is 5.89. The van der Waals surface area contributed by atoms with Gasteiger partial charge in [0.25, 0.3) is 0 Å². The van der Waals surface area contributed by atoms with Gasteiger partial charge in [0.2, 0.25) is 0 Å². The molecular weight excluding hydrogens is 260 g/mol. The number of benzene rings is 1. The standard InChI is InChI=1S/C14H20N2O4/c1-14(2,3)16-13(18)15-10-6-5-7-11(8-10)20-9-12(17)19-4/h5-8H,9H2,1-4H3,(H2,15,16,18). The number of ether oxygens (including phenoxy) is 2.